The third-order valence-electron chi connectivity index (χ3n) is 3.62. The van der Waals surface area contributed by atoms with Crippen LogP contribution < -0.4 is 10.1 Å². The molecule has 0 saturated carbocycles. The predicted molar refractivity (Wildman–Crippen MR) is 73.4 cm³/mol. The second-order valence-electron chi connectivity index (χ2n) is 5.19. The van der Waals surface area contributed by atoms with Crippen LogP contribution in [0.4, 0.5) is 18.0 Å². The Kier molecular flexibility index (Phi) is 5.10. The summed E-state index contributed by atoms with van der Waals surface area (Å²) in [4.78, 5) is 17.2. The molecule has 0 radical (unpaired) electrons. The maximum atomic E-state index is 12.7. The Hall–Kier alpha value is -1.99. The lowest BCUT2D eigenvalue weighted by atomic mass is 9.98. The minimum absolute atomic E-state index is 0.0782. The van der Waals surface area contributed by atoms with E-state index in [2.05, 4.69) is 10.3 Å². The van der Waals surface area contributed by atoms with Crippen LogP contribution in [0.15, 0.2) is 18.3 Å². The molecular formula is C14H18F3N3O2. The SMILES string of the molecule is COc1cc(CNC(=O)N2CCCC(C(F)(F)F)C2)ccn1. The van der Waals surface area contributed by atoms with Crippen LogP contribution in [-0.4, -0.2) is 42.3 Å². The molecule has 2 heterocycles. The highest BCUT2D eigenvalue weighted by atomic mass is 19.4. The van der Waals surface area contributed by atoms with E-state index in [9.17, 15) is 18.0 Å². The Labute approximate surface area is 126 Å². The maximum absolute atomic E-state index is 12.7. The molecule has 0 bridgehead atoms. The Morgan fingerprint density at radius 2 is 2.32 bits per heavy atom. The van der Waals surface area contributed by atoms with E-state index >= 15 is 0 Å². The van der Waals surface area contributed by atoms with Crippen LogP contribution >= 0.6 is 0 Å². The number of aromatic nitrogens is 1. The Bertz CT molecular complexity index is 522. The number of carbonyl (C=O) groups excluding carboxylic acids is 1. The van der Waals surface area contributed by atoms with Crippen molar-refractivity contribution in [3.05, 3.63) is 23.9 Å². The molecule has 8 heteroatoms. The lowest BCUT2D eigenvalue weighted by molar-refractivity contribution is -0.184. The van der Waals surface area contributed by atoms with Gasteiger partial charge in [0.2, 0.25) is 5.88 Å². The third-order valence-corrected chi connectivity index (χ3v) is 3.62. The number of urea groups is 1. The van der Waals surface area contributed by atoms with Crippen molar-refractivity contribution in [1.29, 1.82) is 0 Å². The van der Waals surface area contributed by atoms with Gasteiger partial charge < -0.3 is 15.0 Å². The molecule has 5 nitrogen and oxygen atoms in total. The molecule has 1 N–H and O–H groups in total. The number of hydrogen-bond donors (Lipinski definition) is 1. The molecule has 1 unspecified atom stereocenters. The number of hydrogen-bond acceptors (Lipinski definition) is 3. The number of pyridine rings is 1. The number of rotatable bonds is 3. The average molecular weight is 317 g/mol. The van der Waals surface area contributed by atoms with Crippen molar-refractivity contribution in [3.8, 4) is 5.88 Å². The van der Waals surface area contributed by atoms with Gasteiger partial charge >= 0.3 is 12.2 Å². The molecule has 22 heavy (non-hydrogen) atoms. The summed E-state index contributed by atoms with van der Waals surface area (Å²) in [6.07, 6.45) is -2.27. The number of nitrogens with one attached hydrogen (secondary N) is 1. The summed E-state index contributed by atoms with van der Waals surface area (Å²) in [5, 5.41) is 2.63. The molecule has 122 valence electrons. The van der Waals surface area contributed by atoms with E-state index in [1.165, 1.54) is 12.0 Å². The zero-order valence-electron chi connectivity index (χ0n) is 12.2. The Morgan fingerprint density at radius 1 is 1.55 bits per heavy atom. The monoisotopic (exact) mass is 317 g/mol. The van der Waals surface area contributed by atoms with E-state index in [1.807, 2.05) is 0 Å². The molecule has 1 atom stereocenters. The number of piperidine rings is 1. The Morgan fingerprint density at radius 3 is 3.00 bits per heavy atom. The van der Waals surface area contributed by atoms with E-state index in [0.717, 1.165) is 5.56 Å². The van der Waals surface area contributed by atoms with Crippen LogP contribution in [0.2, 0.25) is 0 Å². The van der Waals surface area contributed by atoms with E-state index < -0.39 is 18.1 Å². The molecule has 1 aromatic heterocycles. The van der Waals surface area contributed by atoms with E-state index in [1.54, 1.807) is 18.3 Å². The van der Waals surface area contributed by atoms with Crippen LogP contribution in [0.5, 0.6) is 5.88 Å². The van der Waals surface area contributed by atoms with Gasteiger partial charge in [-0.25, -0.2) is 9.78 Å². The standard InChI is InChI=1S/C14H18F3N3O2/c1-22-12-7-10(4-5-18-12)8-19-13(21)20-6-2-3-11(9-20)14(15,16)17/h4-5,7,11H,2-3,6,8-9H2,1H3,(H,19,21). The molecule has 2 amide bonds. The van der Waals surface area contributed by atoms with Crippen molar-refractivity contribution in [1.82, 2.24) is 15.2 Å². The summed E-state index contributed by atoms with van der Waals surface area (Å²) >= 11 is 0. The zero-order chi connectivity index (χ0) is 16.2. The number of nitrogens with zero attached hydrogens (tertiary/aromatic N) is 2. The van der Waals surface area contributed by atoms with Crippen molar-refractivity contribution >= 4 is 6.03 Å². The molecule has 1 aromatic rings. The van der Waals surface area contributed by atoms with Gasteiger partial charge in [-0.15, -0.1) is 0 Å². The number of ether oxygens (including phenoxy) is 1. The second-order valence-corrected chi connectivity index (χ2v) is 5.19. The molecule has 2 rings (SSSR count). The van der Waals surface area contributed by atoms with Crippen molar-refractivity contribution in [3.63, 3.8) is 0 Å². The van der Waals surface area contributed by atoms with Gasteiger partial charge in [0.05, 0.1) is 13.0 Å². The minimum atomic E-state index is -4.25. The first kappa shape index (κ1) is 16.4. The normalized spacial score (nSPS) is 18.9. The van der Waals surface area contributed by atoms with Gasteiger partial charge in [-0.1, -0.05) is 0 Å². The number of methoxy groups -OCH3 is 1. The summed E-state index contributed by atoms with van der Waals surface area (Å²) in [5.74, 6) is -1.02. The van der Waals surface area contributed by atoms with E-state index in [4.69, 9.17) is 4.74 Å². The molecule has 1 aliphatic heterocycles. The average Bonchev–Trinajstić information content (AvgIpc) is 2.52. The zero-order valence-corrected chi connectivity index (χ0v) is 12.2. The fourth-order valence-electron chi connectivity index (χ4n) is 2.39. The van der Waals surface area contributed by atoms with Crippen LogP contribution in [0.3, 0.4) is 0 Å². The van der Waals surface area contributed by atoms with Gasteiger partial charge in [0.25, 0.3) is 0 Å². The van der Waals surface area contributed by atoms with Gasteiger partial charge in [0.1, 0.15) is 0 Å². The van der Waals surface area contributed by atoms with Crippen LogP contribution in [0.1, 0.15) is 18.4 Å². The molecule has 1 fully saturated rings. The minimum Gasteiger partial charge on any atom is -0.481 e. The summed E-state index contributed by atoms with van der Waals surface area (Å²) < 4.78 is 43.2. The number of carbonyl (C=O) groups is 1. The molecule has 1 saturated heterocycles. The topological polar surface area (TPSA) is 54.5 Å². The maximum Gasteiger partial charge on any atom is 0.393 e. The van der Waals surface area contributed by atoms with Gasteiger partial charge in [-0.3, -0.25) is 0 Å². The summed E-state index contributed by atoms with van der Waals surface area (Å²) in [7, 11) is 1.48. The molecule has 1 aliphatic rings. The number of amides is 2. The first-order valence-electron chi connectivity index (χ1n) is 6.98. The summed E-state index contributed by atoms with van der Waals surface area (Å²) in [6, 6.07) is 2.89. The first-order valence-corrected chi connectivity index (χ1v) is 6.98. The van der Waals surface area contributed by atoms with Crippen molar-refractivity contribution in [2.24, 2.45) is 5.92 Å². The Balaban J connectivity index is 1.89. The van der Waals surface area contributed by atoms with Crippen LogP contribution in [0.25, 0.3) is 0 Å². The first-order chi connectivity index (χ1) is 10.4. The highest BCUT2D eigenvalue weighted by Crippen LogP contribution is 2.33. The molecule has 0 aliphatic carbocycles. The van der Waals surface area contributed by atoms with E-state index in [0.29, 0.717) is 18.8 Å². The lowest BCUT2D eigenvalue weighted by Crippen LogP contribution is -2.48. The smallest absolute Gasteiger partial charge is 0.393 e. The highest BCUT2D eigenvalue weighted by molar-refractivity contribution is 5.74. The van der Waals surface area contributed by atoms with Gasteiger partial charge in [-0.05, 0) is 24.5 Å². The van der Waals surface area contributed by atoms with Gasteiger partial charge in [-0.2, -0.15) is 13.2 Å². The third kappa shape index (κ3) is 4.25. The molecule has 0 aromatic carbocycles. The van der Waals surface area contributed by atoms with Crippen molar-refractivity contribution in [2.75, 3.05) is 20.2 Å². The fourth-order valence-corrected chi connectivity index (χ4v) is 2.39. The van der Waals surface area contributed by atoms with Gasteiger partial charge in [0, 0.05) is 31.9 Å². The number of likely N-dealkylation sites (tertiary alicyclic amines) is 1. The van der Waals surface area contributed by atoms with Gasteiger partial charge in [0.15, 0.2) is 0 Å². The number of halogens is 3. The van der Waals surface area contributed by atoms with E-state index in [-0.39, 0.29) is 19.5 Å². The molecular weight excluding hydrogens is 299 g/mol. The highest BCUT2D eigenvalue weighted by Gasteiger charge is 2.42. The quantitative estimate of drug-likeness (QED) is 0.932. The van der Waals surface area contributed by atoms with Crippen LogP contribution in [-0.2, 0) is 6.54 Å². The van der Waals surface area contributed by atoms with Crippen molar-refractivity contribution in [2.45, 2.75) is 25.6 Å². The largest absolute Gasteiger partial charge is 0.481 e. The fraction of sp³-hybridized carbons (Fsp3) is 0.571. The van der Waals surface area contributed by atoms with Crippen LogP contribution in [0, 0.1) is 5.92 Å². The second kappa shape index (κ2) is 6.85. The molecule has 0 spiro atoms. The number of alkyl halides is 3. The summed E-state index contributed by atoms with van der Waals surface area (Å²) in [6.45, 7) is 0.276. The predicted octanol–water partition coefficient (Wildman–Crippen LogP) is 2.57. The van der Waals surface area contributed by atoms with Crippen molar-refractivity contribution < 1.29 is 22.7 Å². The lowest BCUT2D eigenvalue weighted by Gasteiger charge is -2.33. The summed E-state index contributed by atoms with van der Waals surface area (Å²) in [5.41, 5.74) is 0.768.